The zero-order chi connectivity index (χ0) is 25.8. The lowest BCUT2D eigenvalue weighted by molar-refractivity contribution is -0.386. The lowest BCUT2D eigenvalue weighted by atomic mass is 10.1. The summed E-state index contributed by atoms with van der Waals surface area (Å²) in [6.07, 6.45) is 1.82. The molecule has 0 saturated heterocycles. The summed E-state index contributed by atoms with van der Waals surface area (Å²) in [7, 11) is 1.40. The number of nitro benzene ring substituents is 1. The van der Waals surface area contributed by atoms with Gasteiger partial charge in [-0.3, -0.25) is 14.9 Å². The highest BCUT2D eigenvalue weighted by atomic mass is 79.9. The van der Waals surface area contributed by atoms with Gasteiger partial charge in [0.2, 0.25) is 5.75 Å². The van der Waals surface area contributed by atoms with Crippen molar-refractivity contribution < 1.29 is 14.4 Å². The molecule has 0 amide bonds. The van der Waals surface area contributed by atoms with Gasteiger partial charge in [-0.25, -0.2) is 4.98 Å². The minimum absolute atomic E-state index is 0.00575. The van der Waals surface area contributed by atoms with Crippen molar-refractivity contribution in [3.63, 3.8) is 0 Å². The molecule has 0 N–H and O–H groups in total. The van der Waals surface area contributed by atoms with Crippen LogP contribution in [0.3, 0.4) is 0 Å². The quantitative estimate of drug-likeness (QED) is 0.139. The fourth-order valence-corrected chi connectivity index (χ4v) is 4.14. The average molecular weight is 616 g/mol. The summed E-state index contributed by atoms with van der Waals surface area (Å²) >= 11 is 6.74. The van der Waals surface area contributed by atoms with Crippen molar-refractivity contribution in [2.45, 2.75) is 20.0 Å². The molecule has 0 saturated carbocycles. The molecular formula is C25H20Br2N4O5. The van der Waals surface area contributed by atoms with E-state index < -0.39 is 4.92 Å². The zero-order valence-corrected chi connectivity index (χ0v) is 22.4. The molecule has 1 heterocycles. The molecule has 0 atom stereocenters. The van der Waals surface area contributed by atoms with Crippen LogP contribution in [0, 0.1) is 10.1 Å². The highest BCUT2D eigenvalue weighted by molar-refractivity contribution is 9.10. The van der Waals surface area contributed by atoms with Crippen molar-refractivity contribution in [2.24, 2.45) is 5.10 Å². The molecule has 0 spiro atoms. The molecule has 36 heavy (non-hydrogen) atoms. The number of hydrogen-bond donors (Lipinski definition) is 0. The Labute approximate surface area is 222 Å². The molecule has 0 bridgehead atoms. The normalized spacial score (nSPS) is 11.2. The summed E-state index contributed by atoms with van der Waals surface area (Å²) in [5.41, 5.74) is 1.14. The van der Waals surface area contributed by atoms with Gasteiger partial charge in [0.15, 0.2) is 5.75 Å². The summed E-state index contributed by atoms with van der Waals surface area (Å²) in [6, 6.07) is 15.6. The third-order valence-electron chi connectivity index (χ3n) is 5.28. The van der Waals surface area contributed by atoms with Gasteiger partial charge in [-0.1, -0.05) is 50.9 Å². The molecule has 4 aromatic rings. The number of hydrogen-bond acceptors (Lipinski definition) is 7. The SMILES string of the molecule is CCc1nc2ccc(Br)cc2c(=O)n1N=Cc1cc(OC)c(OCc2ccc(Br)cc2)c([N+](=O)[O-])c1. The monoisotopic (exact) mass is 614 g/mol. The molecule has 3 aromatic carbocycles. The molecule has 184 valence electrons. The maximum absolute atomic E-state index is 13.1. The van der Waals surface area contributed by atoms with Crippen molar-refractivity contribution in [1.29, 1.82) is 0 Å². The van der Waals surface area contributed by atoms with Crippen LogP contribution in [-0.2, 0) is 13.0 Å². The highest BCUT2D eigenvalue weighted by Gasteiger charge is 2.22. The Balaban J connectivity index is 1.72. The van der Waals surface area contributed by atoms with Gasteiger partial charge in [0.1, 0.15) is 12.4 Å². The Bertz CT molecular complexity index is 1530. The van der Waals surface area contributed by atoms with Crippen LogP contribution >= 0.6 is 31.9 Å². The van der Waals surface area contributed by atoms with Crippen LogP contribution in [0.25, 0.3) is 10.9 Å². The van der Waals surface area contributed by atoms with Gasteiger partial charge in [-0.15, -0.1) is 0 Å². The van der Waals surface area contributed by atoms with E-state index in [0.717, 1.165) is 14.5 Å². The molecule has 0 radical (unpaired) electrons. The van der Waals surface area contributed by atoms with Crippen molar-refractivity contribution in [2.75, 3.05) is 7.11 Å². The molecule has 4 rings (SSSR count). The van der Waals surface area contributed by atoms with E-state index >= 15 is 0 Å². The Morgan fingerprint density at radius 1 is 1.11 bits per heavy atom. The van der Waals surface area contributed by atoms with Crippen LogP contribution in [0.15, 0.2) is 73.4 Å². The Kier molecular flexibility index (Phi) is 7.80. The summed E-state index contributed by atoms with van der Waals surface area (Å²) in [4.78, 5) is 28.9. The van der Waals surface area contributed by atoms with Gasteiger partial charge in [-0.2, -0.15) is 9.78 Å². The maximum Gasteiger partial charge on any atom is 0.315 e. The van der Waals surface area contributed by atoms with Crippen LogP contribution in [0.5, 0.6) is 11.5 Å². The lowest BCUT2D eigenvalue weighted by Crippen LogP contribution is -2.22. The van der Waals surface area contributed by atoms with E-state index in [4.69, 9.17) is 9.47 Å². The second kappa shape index (κ2) is 11.0. The average Bonchev–Trinajstić information content (AvgIpc) is 2.87. The third-order valence-corrected chi connectivity index (χ3v) is 6.31. The zero-order valence-electron chi connectivity index (χ0n) is 19.3. The highest BCUT2D eigenvalue weighted by Crippen LogP contribution is 2.38. The van der Waals surface area contributed by atoms with E-state index in [9.17, 15) is 14.9 Å². The van der Waals surface area contributed by atoms with Crippen molar-refractivity contribution >= 4 is 54.7 Å². The van der Waals surface area contributed by atoms with E-state index in [1.807, 2.05) is 37.3 Å². The standard InChI is InChI=1S/C25H20Br2N4O5/c1-3-23-29-20-9-8-18(27)12-19(20)25(32)30(23)28-13-16-10-21(31(33)34)24(22(11-16)35-2)36-14-15-4-6-17(26)7-5-15/h4-13H,3,14H2,1-2H3. The fraction of sp³-hybridized carbons (Fsp3) is 0.160. The topological polar surface area (TPSA) is 109 Å². The molecule has 1 aromatic heterocycles. The Hall–Kier alpha value is -3.57. The van der Waals surface area contributed by atoms with Crippen LogP contribution in [0.2, 0.25) is 0 Å². The maximum atomic E-state index is 13.1. The predicted octanol–water partition coefficient (Wildman–Crippen LogP) is 5.86. The van der Waals surface area contributed by atoms with Gasteiger partial charge in [0, 0.05) is 27.0 Å². The molecule has 0 aliphatic rings. The van der Waals surface area contributed by atoms with E-state index in [1.165, 1.54) is 24.1 Å². The van der Waals surface area contributed by atoms with Crippen LogP contribution in [-0.4, -0.2) is 27.9 Å². The van der Waals surface area contributed by atoms with Crippen LogP contribution < -0.4 is 15.0 Å². The van der Waals surface area contributed by atoms with Gasteiger partial charge < -0.3 is 9.47 Å². The number of nitrogens with zero attached hydrogens (tertiary/aromatic N) is 4. The van der Waals surface area contributed by atoms with E-state index in [2.05, 4.69) is 41.9 Å². The van der Waals surface area contributed by atoms with Crippen LogP contribution in [0.1, 0.15) is 23.9 Å². The van der Waals surface area contributed by atoms with E-state index in [0.29, 0.717) is 28.7 Å². The molecule has 9 nitrogen and oxygen atoms in total. The first-order valence-corrected chi connectivity index (χ1v) is 12.4. The number of aromatic nitrogens is 2. The number of ether oxygens (including phenoxy) is 2. The Morgan fingerprint density at radius 3 is 2.50 bits per heavy atom. The van der Waals surface area contributed by atoms with Crippen molar-refractivity contribution in [3.8, 4) is 11.5 Å². The Morgan fingerprint density at radius 2 is 1.83 bits per heavy atom. The number of nitro groups is 1. The van der Waals surface area contributed by atoms with Crippen molar-refractivity contribution in [1.82, 2.24) is 9.66 Å². The molecule has 0 unspecified atom stereocenters. The van der Waals surface area contributed by atoms with Gasteiger partial charge in [-0.05, 0) is 42.0 Å². The summed E-state index contributed by atoms with van der Waals surface area (Å²) in [6.45, 7) is 1.98. The number of fused-ring (bicyclic) bond motifs is 1. The predicted molar refractivity (Wildman–Crippen MR) is 144 cm³/mol. The number of rotatable bonds is 8. The molecule has 0 aliphatic heterocycles. The third kappa shape index (κ3) is 5.47. The number of halogens is 2. The van der Waals surface area contributed by atoms with Gasteiger partial charge >= 0.3 is 5.69 Å². The summed E-state index contributed by atoms with van der Waals surface area (Å²) in [5, 5.41) is 16.6. The van der Waals surface area contributed by atoms with Gasteiger partial charge in [0.05, 0.1) is 29.2 Å². The second-order valence-corrected chi connectivity index (χ2v) is 9.48. The lowest BCUT2D eigenvalue weighted by Gasteiger charge is -2.12. The molecular weight excluding hydrogens is 596 g/mol. The molecule has 11 heteroatoms. The number of benzene rings is 3. The first-order valence-electron chi connectivity index (χ1n) is 10.8. The largest absolute Gasteiger partial charge is 0.493 e. The minimum Gasteiger partial charge on any atom is -0.493 e. The van der Waals surface area contributed by atoms with Gasteiger partial charge in [0.25, 0.3) is 5.56 Å². The smallest absolute Gasteiger partial charge is 0.315 e. The van der Waals surface area contributed by atoms with Crippen LogP contribution in [0.4, 0.5) is 5.69 Å². The van der Waals surface area contributed by atoms with E-state index in [1.54, 1.807) is 18.2 Å². The van der Waals surface area contributed by atoms with E-state index in [-0.39, 0.29) is 29.4 Å². The summed E-state index contributed by atoms with van der Waals surface area (Å²) < 4.78 is 14.0. The van der Waals surface area contributed by atoms with Crippen molar-refractivity contribution in [3.05, 3.63) is 101 Å². The number of aryl methyl sites for hydroxylation is 1. The summed E-state index contributed by atoms with van der Waals surface area (Å²) in [5.74, 6) is 0.639. The molecule has 0 aliphatic carbocycles. The number of methoxy groups -OCH3 is 1. The first-order chi connectivity index (χ1) is 17.3. The minimum atomic E-state index is -0.546. The molecule has 0 fully saturated rings. The fourth-order valence-electron chi connectivity index (χ4n) is 3.52. The second-order valence-electron chi connectivity index (χ2n) is 7.65. The first kappa shape index (κ1) is 25.5.